The molecule has 0 radical (unpaired) electrons. The van der Waals surface area contributed by atoms with Crippen LogP contribution in [0.3, 0.4) is 0 Å². The summed E-state index contributed by atoms with van der Waals surface area (Å²) in [6.07, 6.45) is 13.4. The van der Waals surface area contributed by atoms with Crippen molar-refractivity contribution in [1.82, 2.24) is 0 Å². The normalized spacial score (nSPS) is 21.8. The van der Waals surface area contributed by atoms with Crippen LogP contribution in [-0.2, 0) is 0 Å². The summed E-state index contributed by atoms with van der Waals surface area (Å²) in [5.74, 6) is 0.667. The fraction of sp³-hybridized carbons (Fsp3) is 0.111. The molecular weight excluding hydrogens is 423 g/mol. The van der Waals surface area contributed by atoms with Crippen molar-refractivity contribution in [1.29, 1.82) is 0 Å². The van der Waals surface area contributed by atoms with E-state index in [1.165, 1.54) is 32.3 Å². The standard InChI is InChI=1S/C27H22Cl2Si/c1-18-7-5-6-10-23(18)26-24(29)16-14-20-12-11-19-13-15-21(28)17-25(19)30(27(20)26)22-8-3-2-4-9-22/h2-18,23,30H,1H3. The first kappa shape index (κ1) is 19.6. The predicted octanol–water partition coefficient (Wildman–Crippen LogP) is 5.57. The van der Waals surface area contributed by atoms with Crippen LogP contribution in [0.15, 0.2) is 85.0 Å². The van der Waals surface area contributed by atoms with Crippen molar-refractivity contribution in [3.8, 4) is 0 Å². The molecular formula is C27H22Cl2Si. The lowest BCUT2D eigenvalue weighted by Crippen LogP contribution is -2.55. The highest BCUT2D eigenvalue weighted by Crippen LogP contribution is 2.35. The molecule has 3 heteroatoms. The van der Waals surface area contributed by atoms with Gasteiger partial charge in [-0.3, -0.25) is 0 Å². The Morgan fingerprint density at radius 3 is 2.33 bits per heavy atom. The smallest absolute Gasteiger partial charge is 0.0843 e. The van der Waals surface area contributed by atoms with Gasteiger partial charge in [-0.1, -0.05) is 114 Å². The van der Waals surface area contributed by atoms with Crippen molar-refractivity contribution in [2.45, 2.75) is 12.8 Å². The molecule has 0 N–H and O–H groups in total. The molecule has 0 fully saturated rings. The Hall–Kier alpha value is -2.32. The molecule has 0 amide bonds. The maximum atomic E-state index is 6.94. The molecule has 0 nitrogen and oxygen atoms in total. The number of allylic oxidation sites excluding steroid dienone is 4. The highest BCUT2D eigenvalue weighted by molar-refractivity contribution is 6.97. The average Bonchev–Trinajstić information content (AvgIpc) is 2.92. The first-order valence-corrected chi connectivity index (χ1v) is 12.8. The summed E-state index contributed by atoms with van der Waals surface area (Å²) in [7, 11) is -1.81. The summed E-state index contributed by atoms with van der Waals surface area (Å²) in [6.45, 7) is 2.27. The van der Waals surface area contributed by atoms with E-state index in [2.05, 4.69) is 98.0 Å². The number of rotatable bonds is 2. The minimum absolute atomic E-state index is 0.269. The molecule has 1 aliphatic heterocycles. The first-order valence-electron chi connectivity index (χ1n) is 10.3. The molecule has 0 saturated heterocycles. The van der Waals surface area contributed by atoms with Crippen LogP contribution in [0.4, 0.5) is 0 Å². The van der Waals surface area contributed by atoms with Gasteiger partial charge in [-0.15, -0.1) is 0 Å². The second kappa shape index (κ2) is 8.07. The molecule has 2 aliphatic rings. The minimum Gasteiger partial charge on any atom is -0.0843 e. The second-order valence-corrected chi connectivity index (χ2v) is 11.6. The van der Waals surface area contributed by atoms with E-state index in [0.29, 0.717) is 5.92 Å². The first-order chi connectivity index (χ1) is 14.6. The number of benzene rings is 3. The summed E-state index contributed by atoms with van der Waals surface area (Å²) >= 11 is 13.4. The van der Waals surface area contributed by atoms with Gasteiger partial charge in [0, 0.05) is 16.0 Å². The zero-order chi connectivity index (χ0) is 20.7. The van der Waals surface area contributed by atoms with E-state index in [0.717, 1.165) is 10.0 Å². The van der Waals surface area contributed by atoms with Gasteiger partial charge < -0.3 is 0 Å². The van der Waals surface area contributed by atoms with Gasteiger partial charge in [0.2, 0.25) is 0 Å². The molecule has 3 unspecified atom stereocenters. The lowest BCUT2D eigenvalue weighted by molar-refractivity contribution is 0.638. The molecule has 0 saturated carbocycles. The Morgan fingerprint density at radius 1 is 0.800 bits per heavy atom. The summed E-state index contributed by atoms with van der Waals surface area (Å²) < 4.78 is 0. The highest BCUT2D eigenvalue weighted by atomic mass is 35.5. The van der Waals surface area contributed by atoms with Crippen LogP contribution >= 0.6 is 23.2 Å². The van der Waals surface area contributed by atoms with Crippen LogP contribution in [0.1, 0.15) is 29.5 Å². The Morgan fingerprint density at radius 2 is 1.53 bits per heavy atom. The van der Waals surface area contributed by atoms with E-state index >= 15 is 0 Å². The third-order valence-corrected chi connectivity index (χ3v) is 10.2. The fourth-order valence-corrected chi connectivity index (χ4v) is 9.12. The monoisotopic (exact) mass is 444 g/mol. The molecule has 0 bridgehead atoms. The third kappa shape index (κ3) is 3.41. The highest BCUT2D eigenvalue weighted by Gasteiger charge is 2.32. The summed E-state index contributed by atoms with van der Waals surface area (Å²) in [5, 5.41) is 5.81. The van der Waals surface area contributed by atoms with Crippen molar-refractivity contribution >= 4 is 59.7 Å². The van der Waals surface area contributed by atoms with Gasteiger partial charge in [-0.2, -0.15) is 0 Å². The lowest BCUT2D eigenvalue weighted by atomic mass is 9.83. The number of fused-ring (bicyclic) bond motifs is 2. The SMILES string of the molecule is CC1C=CC=CC1c1c(Cl)ccc2c1[SiH](c1ccccc1)c1cc(Cl)ccc1C=C2. The van der Waals surface area contributed by atoms with E-state index in [1.54, 1.807) is 0 Å². The predicted molar refractivity (Wildman–Crippen MR) is 135 cm³/mol. The Balaban J connectivity index is 1.84. The summed E-state index contributed by atoms with van der Waals surface area (Å²) in [5.41, 5.74) is 3.81. The third-order valence-electron chi connectivity index (χ3n) is 6.24. The largest absolute Gasteiger partial charge is 0.135 e. The van der Waals surface area contributed by atoms with Crippen LogP contribution in [0, 0.1) is 5.92 Å². The van der Waals surface area contributed by atoms with Crippen LogP contribution in [0.5, 0.6) is 0 Å². The Bertz CT molecular complexity index is 1190. The van der Waals surface area contributed by atoms with Crippen molar-refractivity contribution in [3.63, 3.8) is 0 Å². The fourth-order valence-electron chi connectivity index (χ4n) is 4.78. The summed E-state index contributed by atoms with van der Waals surface area (Å²) in [6, 6.07) is 21.5. The van der Waals surface area contributed by atoms with Crippen molar-refractivity contribution < 1.29 is 0 Å². The van der Waals surface area contributed by atoms with Crippen LogP contribution in [0.25, 0.3) is 12.2 Å². The molecule has 1 heterocycles. The number of hydrogen-bond acceptors (Lipinski definition) is 0. The van der Waals surface area contributed by atoms with Crippen LogP contribution in [0.2, 0.25) is 10.0 Å². The molecule has 3 aromatic rings. The summed E-state index contributed by atoms with van der Waals surface area (Å²) in [4.78, 5) is 0. The van der Waals surface area contributed by atoms with E-state index in [1.807, 2.05) is 6.07 Å². The average molecular weight is 445 g/mol. The van der Waals surface area contributed by atoms with Crippen molar-refractivity contribution in [2.75, 3.05) is 0 Å². The quantitative estimate of drug-likeness (QED) is 0.354. The van der Waals surface area contributed by atoms with E-state index in [4.69, 9.17) is 23.2 Å². The Kier molecular flexibility index (Phi) is 5.28. The van der Waals surface area contributed by atoms with Gasteiger partial charge in [0.1, 0.15) is 8.80 Å². The zero-order valence-corrected chi connectivity index (χ0v) is 19.4. The van der Waals surface area contributed by atoms with Crippen LogP contribution in [-0.4, -0.2) is 8.80 Å². The molecule has 3 atom stereocenters. The van der Waals surface area contributed by atoms with Gasteiger partial charge in [-0.05, 0) is 51.2 Å². The topological polar surface area (TPSA) is 0 Å². The lowest BCUT2D eigenvalue weighted by Gasteiger charge is -2.29. The van der Waals surface area contributed by atoms with Gasteiger partial charge in [0.25, 0.3) is 0 Å². The van der Waals surface area contributed by atoms with Gasteiger partial charge in [-0.25, -0.2) is 0 Å². The molecule has 0 spiro atoms. The van der Waals surface area contributed by atoms with Crippen molar-refractivity contribution in [3.05, 3.63) is 112 Å². The maximum Gasteiger partial charge on any atom is 0.135 e. The van der Waals surface area contributed by atoms with Crippen molar-refractivity contribution in [2.24, 2.45) is 5.92 Å². The maximum absolute atomic E-state index is 6.94. The molecule has 30 heavy (non-hydrogen) atoms. The molecule has 0 aromatic heterocycles. The van der Waals surface area contributed by atoms with Gasteiger partial charge >= 0.3 is 0 Å². The van der Waals surface area contributed by atoms with E-state index in [-0.39, 0.29) is 5.92 Å². The Labute approximate surface area is 189 Å². The van der Waals surface area contributed by atoms with E-state index < -0.39 is 8.80 Å². The molecule has 148 valence electrons. The number of halogens is 2. The zero-order valence-electron chi connectivity index (χ0n) is 16.7. The second-order valence-electron chi connectivity index (χ2n) is 8.07. The number of hydrogen-bond donors (Lipinski definition) is 0. The molecule has 1 aliphatic carbocycles. The molecule has 5 rings (SSSR count). The van der Waals surface area contributed by atoms with Crippen LogP contribution < -0.4 is 15.6 Å². The van der Waals surface area contributed by atoms with Gasteiger partial charge in [0.15, 0.2) is 0 Å². The molecule has 3 aromatic carbocycles. The van der Waals surface area contributed by atoms with E-state index in [9.17, 15) is 0 Å². The minimum atomic E-state index is -1.81. The van der Waals surface area contributed by atoms with Gasteiger partial charge in [0.05, 0.1) is 0 Å².